The van der Waals surface area contributed by atoms with E-state index in [4.69, 9.17) is 0 Å². The summed E-state index contributed by atoms with van der Waals surface area (Å²) in [4.78, 5) is 18.0. The number of carbonyl (C=O) groups excluding carboxylic acids is 1. The van der Waals surface area contributed by atoms with Crippen LogP contribution in [-0.2, 0) is 11.2 Å². The van der Waals surface area contributed by atoms with Crippen LogP contribution in [0.4, 0.5) is 0 Å². The van der Waals surface area contributed by atoms with Gasteiger partial charge in [-0.15, -0.1) is 0 Å². The Labute approximate surface area is 145 Å². The summed E-state index contributed by atoms with van der Waals surface area (Å²) in [5.41, 5.74) is 1.07. The smallest absolute Gasteiger partial charge is 0.231 e. The Morgan fingerprint density at radius 1 is 1.04 bits per heavy atom. The Balaban J connectivity index is 1.38. The molecule has 4 heteroatoms. The molecule has 0 unspecified atom stereocenters. The highest BCUT2D eigenvalue weighted by Gasteiger charge is 2.47. The van der Waals surface area contributed by atoms with Gasteiger partial charge in [0.1, 0.15) is 0 Å². The fourth-order valence-electron chi connectivity index (χ4n) is 4.64. The Morgan fingerprint density at radius 2 is 1.71 bits per heavy atom. The van der Waals surface area contributed by atoms with Gasteiger partial charge in [-0.2, -0.15) is 0 Å². The number of rotatable bonds is 4. The van der Waals surface area contributed by atoms with Gasteiger partial charge < -0.3 is 15.1 Å². The van der Waals surface area contributed by atoms with E-state index in [1.807, 2.05) is 6.07 Å². The standard InChI is InChI=1S/C20H29N3O/c24-19(20(15-21-16-20)14-17-6-2-1-3-7-17)23-12-8-18(9-13-23)22-10-4-5-11-22/h1-3,6-7,18,21H,4-5,8-16H2. The first-order valence-electron chi connectivity index (χ1n) is 9.55. The Kier molecular flexibility index (Phi) is 4.59. The summed E-state index contributed by atoms with van der Waals surface area (Å²) < 4.78 is 0. The molecule has 0 aliphatic carbocycles. The molecular formula is C20H29N3O. The number of hydrogen-bond acceptors (Lipinski definition) is 3. The molecule has 0 spiro atoms. The van der Waals surface area contributed by atoms with E-state index < -0.39 is 0 Å². The van der Waals surface area contributed by atoms with Crippen molar-refractivity contribution in [1.29, 1.82) is 0 Å². The molecule has 4 rings (SSSR count). The number of nitrogens with one attached hydrogen (secondary N) is 1. The first kappa shape index (κ1) is 16.1. The van der Waals surface area contributed by atoms with Crippen LogP contribution in [0.5, 0.6) is 0 Å². The molecule has 3 aliphatic heterocycles. The maximum absolute atomic E-state index is 13.2. The van der Waals surface area contributed by atoms with Crippen LogP contribution in [0, 0.1) is 5.41 Å². The summed E-state index contributed by atoms with van der Waals surface area (Å²) in [6, 6.07) is 11.2. The van der Waals surface area contributed by atoms with E-state index in [0.717, 1.165) is 45.4 Å². The first-order valence-corrected chi connectivity index (χ1v) is 9.55. The van der Waals surface area contributed by atoms with Gasteiger partial charge in [0.05, 0.1) is 5.41 Å². The molecule has 0 atom stereocenters. The zero-order chi connectivity index (χ0) is 16.4. The molecular weight excluding hydrogens is 298 g/mol. The molecule has 0 bridgehead atoms. The van der Waals surface area contributed by atoms with Crippen molar-refractivity contribution in [2.24, 2.45) is 5.41 Å². The summed E-state index contributed by atoms with van der Waals surface area (Å²) in [7, 11) is 0. The van der Waals surface area contributed by atoms with Gasteiger partial charge in [-0.3, -0.25) is 4.79 Å². The highest BCUT2D eigenvalue weighted by molar-refractivity contribution is 5.85. The van der Waals surface area contributed by atoms with Crippen molar-refractivity contribution in [3.8, 4) is 0 Å². The van der Waals surface area contributed by atoms with Crippen LogP contribution in [-0.4, -0.2) is 61.0 Å². The van der Waals surface area contributed by atoms with Gasteiger partial charge in [-0.1, -0.05) is 30.3 Å². The van der Waals surface area contributed by atoms with Crippen molar-refractivity contribution in [3.63, 3.8) is 0 Å². The Morgan fingerprint density at radius 3 is 2.29 bits per heavy atom. The van der Waals surface area contributed by atoms with E-state index in [1.165, 1.54) is 31.5 Å². The molecule has 24 heavy (non-hydrogen) atoms. The average molecular weight is 327 g/mol. The number of benzene rings is 1. The van der Waals surface area contributed by atoms with Crippen LogP contribution in [0.1, 0.15) is 31.2 Å². The number of carbonyl (C=O) groups is 1. The molecule has 1 N–H and O–H groups in total. The van der Waals surface area contributed by atoms with Crippen molar-refractivity contribution in [2.45, 2.75) is 38.1 Å². The van der Waals surface area contributed by atoms with Gasteiger partial charge in [0.2, 0.25) is 5.91 Å². The molecule has 3 heterocycles. The minimum atomic E-state index is -0.207. The van der Waals surface area contributed by atoms with Gasteiger partial charge in [0.25, 0.3) is 0 Å². The summed E-state index contributed by atoms with van der Waals surface area (Å²) >= 11 is 0. The lowest BCUT2D eigenvalue weighted by Crippen LogP contribution is -2.64. The highest BCUT2D eigenvalue weighted by atomic mass is 16.2. The molecule has 3 fully saturated rings. The molecule has 0 radical (unpaired) electrons. The molecule has 3 saturated heterocycles. The molecule has 0 aromatic heterocycles. The monoisotopic (exact) mass is 327 g/mol. The third kappa shape index (κ3) is 3.09. The largest absolute Gasteiger partial charge is 0.342 e. The third-order valence-corrected chi connectivity index (χ3v) is 6.17. The molecule has 1 aromatic carbocycles. The van der Waals surface area contributed by atoms with Crippen molar-refractivity contribution >= 4 is 5.91 Å². The van der Waals surface area contributed by atoms with Gasteiger partial charge in [0.15, 0.2) is 0 Å². The van der Waals surface area contributed by atoms with Crippen molar-refractivity contribution in [1.82, 2.24) is 15.1 Å². The average Bonchev–Trinajstić information content (AvgIpc) is 3.13. The predicted molar refractivity (Wildman–Crippen MR) is 95.9 cm³/mol. The van der Waals surface area contributed by atoms with Gasteiger partial charge in [0, 0.05) is 32.2 Å². The fraction of sp³-hybridized carbons (Fsp3) is 0.650. The number of hydrogen-bond donors (Lipinski definition) is 1. The molecule has 1 amide bonds. The van der Waals surface area contributed by atoms with E-state index >= 15 is 0 Å². The van der Waals surface area contributed by atoms with E-state index in [1.54, 1.807) is 0 Å². The molecule has 0 saturated carbocycles. The van der Waals surface area contributed by atoms with Crippen molar-refractivity contribution in [2.75, 3.05) is 39.3 Å². The van der Waals surface area contributed by atoms with Crippen LogP contribution < -0.4 is 5.32 Å². The summed E-state index contributed by atoms with van der Waals surface area (Å²) in [6.07, 6.45) is 5.88. The van der Waals surface area contributed by atoms with E-state index in [0.29, 0.717) is 11.9 Å². The predicted octanol–water partition coefficient (Wildman–Crippen LogP) is 1.91. The molecule has 1 aromatic rings. The number of amides is 1. The lowest BCUT2D eigenvalue weighted by Gasteiger charge is -2.46. The quantitative estimate of drug-likeness (QED) is 0.917. The van der Waals surface area contributed by atoms with Crippen LogP contribution in [0.2, 0.25) is 0 Å². The fourth-order valence-corrected chi connectivity index (χ4v) is 4.64. The molecule has 3 aliphatic rings. The van der Waals surface area contributed by atoms with Gasteiger partial charge >= 0.3 is 0 Å². The normalized spacial score (nSPS) is 24.8. The van der Waals surface area contributed by atoms with E-state index in [9.17, 15) is 4.79 Å². The third-order valence-electron chi connectivity index (χ3n) is 6.17. The minimum Gasteiger partial charge on any atom is -0.342 e. The van der Waals surface area contributed by atoms with Gasteiger partial charge in [-0.25, -0.2) is 0 Å². The second-order valence-corrected chi connectivity index (χ2v) is 7.81. The number of piperidine rings is 1. The number of nitrogens with zero attached hydrogens (tertiary/aromatic N) is 2. The Hall–Kier alpha value is -1.39. The first-order chi connectivity index (χ1) is 11.8. The summed E-state index contributed by atoms with van der Waals surface area (Å²) in [5, 5.41) is 3.34. The van der Waals surface area contributed by atoms with Crippen LogP contribution in [0.15, 0.2) is 30.3 Å². The molecule has 130 valence electrons. The second kappa shape index (κ2) is 6.85. The van der Waals surface area contributed by atoms with Gasteiger partial charge in [-0.05, 0) is 50.8 Å². The zero-order valence-corrected chi connectivity index (χ0v) is 14.5. The topological polar surface area (TPSA) is 35.6 Å². The van der Waals surface area contributed by atoms with Crippen LogP contribution >= 0.6 is 0 Å². The highest BCUT2D eigenvalue weighted by Crippen LogP contribution is 2.32. The maximum atomic E-state index is 13.2. The maximum Gasteiger partial charge on any atom is 0.231 e. The minimum absolute atomic E-state index is 0.207. The summed E-state index contributed by atoms with van der Waals surface area (Å²) in [5.74, 6) is 0.380. The lowest BCUT2D eigenvalue weighted by atomic mass is 9.74. The van der Waals surface area contributed by atoms with Crippen molar-refractivity contribution in [3.05, 3.63) is 35.9 Å². The Bertz CT molecular complexity index is 556. The van der Waals surface area contributed by atoms with E-state index in [2.05, 4.69) is 39.4 Å². The van der Waals surface area contributed by atoms with E-state index in [-0.39, 0.29) is 5.41 Å². The molecule has 4 nitrogen and oxygen atoms in total. The SMILES string of the molecule is O=C(N1CCC(N2CCCC2)CC1)C1(Cc2ccccc2)CNC1. The summed E-state index contributed by atoms with van der Waals surface area (Å²) in [6.45, 7) is 6.06. The van der Waals surface area contributed by atoms with Crippen LogP contribution in [0.25, 0.3) is 0 Å². The second-order valence-electron chi connectivity index (χ2n) is 7.81. The number of likely N-dealkylation sites (tertiary alicyclic amines) is 2. The lowest BCUT2D eigenvalue weighted by molar-refractivity contribution is -0.147. The van der Waals surface area contributed by atoms with Crippen LogP contribution in [0.3, 0.4) is 0 Å². The zero-order valence-electron chi connectivity index (χ0n) is 14.5. The van der Waals surface area contributed by atoms with Crippen molar-refractivity contribution < 1.29 is 4.79 Å².